The molecule has 2 nitrogen and oxygen atoms in total. The van der Waals surface area contributed by atoms with Gasteiger partial charge in [-0.3, -0.25) is 0 Å². The molecule has 9 aromatic rings. The SMILES string of the molecule is C1=CCC2C(=C1)C(c1cccc3c1CCCC3)=c1ccc(-n3c4ccccc4c4cc(-c5cccc6c5oc5ccccc56)ccc43)cc1=C2c1cccc2c1CCCC2. The second kappa shape index (κ2) is 13.4. The Morgan fingerprint density at radius 3 is 2.08 bits per heavy atom. The van der Waals surface area contributed by atoms with Crippen LogP contribution in [0.15, 0.2) is 168 Å². The average molecular weight is 772 g/mol. The van der Waals surface area contributed by atoms with Crippen molar-refractivity contribution in [3.63, 3.8) is 0 Å². The van der Waals surface area contributed by atoms with Gasteiger partial charge in [0.1, 0.15) is 11.2 Å². The maximum absolute atomic E-state index is 6.54. The topological polar surface area (TPSA) is 18.1 Å². The van der Waals surface area contributed by atoms with Gasteiger partial charge < -0.3 is 8.98 Å². The molecule has 1 atom stereocenters. The van der Waals surface area contributed by atoms with E-state index in [9.17, 15) is 0 Å². The van der Waals surface area contributed by atoms with Gasteiger partial charge in [0.15, 0.2) is 0 Å². The highest BCUT2D eigenvalue weighted by atomic mass is 16.3. The van der Waals surface area contributed by atoms with Gasteiger partial charge >= 0.3 is 0 Å². The first-order valence-corrected chi connectivity index (χ1v) is 22.2. The maximum Gasteiger partial charge on any atom is 0.143 e. The number of nitrogens with zero attached hydrogens (tertiary/aromatic N) is 1. The molecule has 0 saturated heterocycles. The molecule has 0 spiro atoms. The molecule has 60 heavy (non-hydrogen) atoms. The van der Waals surface area contributed by atoms with E-state index in [1.165, 1.54) is 110 Å². The Hall–Kier alpha value is -6.64. The smallest absolute Gasteiger partial charge is 0.143 e. The lowest BCUT2D eigenvalue weighted by molar-refractivity contribution is 0.670. The minimum absolute atomic E-state index is 0.294. The van der Waals surface area contributed by atoms with Gasteiger partial charge in [0.05, 0.1) is 11.0 Å². The summed E-state index contributed by atoms with van der Waals surface area (Å²) in [7, 11) is 0. The lowest BCUT2D eigenvalue weighted by Crippen LogP contribution is -2.39. The number of para-hydroxylation sites is 3. The average Bonchev–Trinajstić information content (AvgIpc) is 3.86. The number of aromatic nitrogens is 1. The second-order valence-electron chi connectivity index (χ2n) is 17.5. The Bertz CT molecular complexity index is 3470. The van der Waals surface area contributed by atoms with Crippen LogP contribution >= 0.6 is 0 Å². The lowest BCUT2D eigenvalue weighted by Gasteiger charge is -2.34. The van der Waals surface area contributed by atoms with Crippen molar-refractivity contribution in [2.45, 2.75) is 57.8 Å². The molecule has 2 aromatic heterocycles. The highest BCUT2D eigenvalue weighted by Crippen LogP contribution is 2.45. The van der Waals surface area contributed by atoms with Crippen LogP contribution in [0.25, 0.3) is 71.7 Å². The van der Waals surface area contributed by atoms with Gasteiger partial charge in [0.25, 0.3) is 0 Å². The van der Waals surface area contributed by atoms with Crippen LogP contribution in [-0.4, -0.2) is 4.57 Å². The number of fused-ring (bicyclic) bond motifs is 10. The van der Waals surface area contributed by atoms with Crippen molar-refractivity contribution in [1.29, 1.82) is 0 Å². The molecule has 0 radical (unpaired) electrons. The number of hydrogen-bond donors (Lipinski definition) is 0. The third-order valence-electron chi connectivity index (χ3n) is 14.4. The van der Waals surface area contributed by atoms with Crippen LogP contribution in [0.1, 0.15) is 65.5 Å². The molecule has 0 bridgehead atoms. The molecule has 13 rings (SSSR count). The lowest BCUT2D eigenvalue weighted by atomic mass is 9.70. The van der Waals surface area contributed by atoms with Gasteiger partial charge in [0, 0.05) is 38.7 Å². The summed E-state index contributed by atoms with van der Waals surface area (Å²) in [5, 5.41) is 7.60. The van der Waals surface area contributed by atoms with Gasteiger partial charge in [-0.25, -0.2) is 0 Å². The summed E-state index contributed by atoms with van der Waals surface area (Å²) in [6.45, 7) is 0. The van der Waals surface area contributed by atoms with Crippen LogP contribution in [0.2, 0.25) is 0 Å². The fourth-order valence-electron chi connectivity index (χ4n) is 11.7. The molecule has 0 fully saturated rings. The quantitative estimate of drug-likeness (QED) is 0.174. The Morgan fingerprint density at radius 2 is 1.22 bits per heavy atom. The van der Waals surface area contributed by atoms with E-state index < -0.39 is 0 Å². The summed E-state index contributed by atoms with van der Waals surface area (Å²) in [6.07, 6.45) is 18.0. The fourth-order valence-corrected chi connectivity index (χ4v) is 11.7. The Balaban J connectivity index is 1.10. The van der Waals surface area contributed by atoms with Crippen molar-refractivity contribution in [2.24, 2.45) is 5.92 Å². The van der Waals surface area contributed by atoms with E-state index in [0.29, 0.717) is 5.92 Å². The van der Waals surface area contributed by atoms with Crippen LogP contribution in [0, 0.1) is 5.92 Å². The first-order chi connectivity index (χ1) is 29.8. The normalized spacial score (nSPS) is 17.2. The van der Waals surface area contributed by atoms with Crippen LogP contribution in [0.3, 0.4) is 0 Å². The predicted molar refractivity (Wildman–Crippen MR) is 249 cm³/mol. The van der Waals surface area contributed by atoms with Gasteiger partial charge in [-0.2, -0.15) is 0 Å². The van der Waals surface area contributed by atoms with Crippen LogP contribution in [-0.2, 0) is 25.7 Å². The second-order valence-corrected chi connectivity index (χ2v) is 17.5. The number of hydrogen-bond acceptors (Lipinski definition) is 1. The van der Waals surface area contributed by atoms with E-state index in [4.69, 9.17) is 4.42 Å². The van der Waals surface area contributed by atoms with E-state index >= 15 is 0 Å². The van der Waals surface area contributed by atoms with Gasteiger partial charge in [0.2, 0.25) is 0 Å². The van der Waals surface area contributed by atoms with Crippen molar-refractivity contribution in [3.8, 4) is 16.8 Å². The minimum Gasteiger partial charge on any atom is -0.455 e. The van der Waals surface area contributed by atoms with Crippen LogP contribution in [0.5, 0.6) is 0 Å². The number of aryl methyl sites for hydroxylation is 2. The standard InChI is InChI=1S/C58H45NO/c1-3-18-40-36(14-1)16-11-25-45(40)56-47-22-5-6-23-48(47)57(46-26-12-17-37-15-2-4-19-41(37)46)52-35-39(31-32-49(52)56)59-53-28-9-7-20-43(53)51-34-38(30-33-54(51)59)42-24-13-27-50-44-21-8-10-29-55(44)60-58(42)50/h5-13,16-17,20-22,24-35,48H,1-4,14-15,18-19,23H2. The third kappa shape index (κ3) is 5.07. The molecule has 0 saturated carbocycles. The van der Waals surface area contributed by atoms with Gasteiger partial charge in [-0.05, 0) is 160 Å². The zero-order chi connectivity index (χ0) is 39.3. The molecule has 0 amide bonds. The minimum atomic E-state index is 0.294. The van der Waals surface area contributed by atoms with Crippen molar-refractivity contribution < 1.29 is 4.42 Å². The van der Waals surface area contributed by atoms with E-state index in [2.05, 4.69) is 162 Å². The summed E-state index contributed by atoms with van der Waals surface area (Å²) in [4.78, 5) is 0. The monoisotopic (exact) mass is 771 g/mol. The molecule has 7 aromatic carbocycles. The van der Waals surface area contributed by atoms with Crippen LogP contribution in [0.4, 0.5) is 0 Å². The summed E-state index contributed by atoms with van der Waals surface area (Å²) in [6, 6.07) is 52.7. The summed E-state index contributed by atoms with van der Waals surface area (Å²) >= 11 is 0. The molecule has 0 N–H and O–H groups in total. The summed E-state index contributed by atoms with van der Waals surface area (Å²) < 4.78 is 9.06. The molecular weight excluding hydrogens is 727 g/mol. The van der Waals surface area contributed by atoms with Crippen molar-refractivity contribution in [2.75, 3.05) is 0 Å². The van der Waals surface area contributed by atoms with Crippen molar-refractivity contribution in [3.05, 3.63) is 207 Å². The molecule has 2 heteroatoms. The molecular formula is C58H45NO. The Kier molecular flexibility index (Phi) is 7.67. The molecule has 4 aliphatic rings. The zero-order valence-corrected chi connectivity index (χ0v) is 33.8. The Morgan fingerprint density at radius 1 is 0.517 bits per heavy atom. The number of rotatable bonds is 4. The maximum atomic E-state index is 6.54. The first kappa shape index (κ1) is 34.2. The van der Waals surface area contributed by atoms with E-state index in [0.717, 1.165) is 46.8 Å². The molecule has 288 valence electrons. The Labute approximate surface area is 350 Å². The molecule has 1 unspecified atom stereocenters. The zero-order valence-electron chi connectivity index (χ0n) is 33.8. The molecule has 4 aliphatic carbocycles. The van der Waals surface area contributed by atoms with Gasteiger partial charge in [-0.1, -0.05) is 121 Å². The highest BCUT2D eigenvalue weighted by molar-refractivity contribution is 6.13. The van der Waals surface area contributed by atoms with E-state index in [1.807, 2.05) is 0 Å². The van der Waals surface area contributed by atoms with Crippen molar-refractivity contribution in [1.82, 2.24) is 4.57 Å². The fraction of sp³-hybridized carbons (Fsp3) is 0.172. The van der Waals surface area contributed by atoms with Gasteiger partial charge in [-0.15, -0.1) is 0 Å². The number of furan rings is 1. The molecule has 0 aliphatic heterocycles. The van der Waals surface area contributed by atoms with Crippen LogP contribution < -0.4 is 10.4 Å². The third-order valence-corrected chi connectivity index (χ3v) is 14.4. The van der Waals surface area contributed by atoms with Crippen molar-refractivity contribution >= 4 is 54.9 Å². The number of benzene rings is 7. The molecule has 2 heterocycles. The largest absolute Gasteiger partial charge is 0.455 e. The van der Waals surface area contributed by atoms with E-state index in [1.54, 1.807) is 22.3 Å². The predicted octanol–water partition coefficient (Wildman–Crippen LogP) is 13.0. The summed E-state index contributed by atoms with van der Waals surface area (Å²) in [5.41, 5.74) is 21.4. The number of allylic oxidation sites excluding steroid dienone is 4. The summed E-state index contributed by atoms with van der Waals surface area (Å²) in [5.74, 6) is 0.294. The first-order valence-electron chi connectivity index (χ1n) is 22.2. The van der Waals surface area contributed by atoms with E-state index in [-0.39, 0.29) is 0 Å². The highest BCUT2D eigenvalue weighted by Gasteiger charge is 2.33.